The molecule has 0 saturated heterocycles. The van der Waals surface area contributed by atoms with Gasteiger partial charge in [-0.1, -0.05) is 5.22 Å². The Morgan fingerprint density at radius 2 is 2.56 bits per heavy atom. The van der Waals surface area contributed by atoms with Crippen LogP contribution in [-0.4, -0.2) is 17.7 Å². The van der Waals surface area contributed by atoms with Gasteiger partial charge in [0.2, 0.25) is 6.04 Å². The third-order valence-corrected chi connectivity index (χ3v) is 0.967. The van der Waals surface area contributed by atoms with Crippen molar-refractivity contribution in [2.45, 2.75) is 13.0 Å². The number of nitrogens with zero attached hydrogens (tertiary/aromatic N) is 2. The Balaban J connectivity index is 0.000000810. The molecule has 0 aromatic heterocycles. The molecule has 1 aliphatic rings. The molecule has 0 spiro atoms. The lowest BCUT2D eigenvalue weighted by molar-refractivity contribution is -0.127. The highest BCUT2D eigenvalue weighted by molar-refractivity contribution is 6.05. The molecule has 0 saturated carbocycles. The zero-order chi connectivity index (χ0) is 6.85. The van der Waals surface area contributed by atoms with Crippen molar-refractivity contribution in [3.05, 3.63) is 0 Å². The molecule has 1 unspecified atom stereocenters. The van der Waals surface area contributed by atoms with Gasteiger partial charge in [0.25, 0.3) is 5.91 Å². The van der Waals surface area contributed by atoms with Gasteiger partial charge in [-0.05, 0) is 6.92 Å². The molecule has 0 radical (unpaired) electrons. The lowest BCUT2D eigenvalue weighted by atomic mass is 10.2. The van der Waals surface area contributed by atoms with E-state index in [9.17, 15) is 9.59 Å². The predicted octanol–water partition coefficient (Wildman–Crippen LogP) is -0.313. The first-order valence-corrected chi connectivity index (χ1v) is 2.42. The van der Waals surface area contributed by atoms with Crippen molar-refractivity contribution < 1.29 is 11.0 Å². The van der Waals surface area contributed by atoms with E-state index < -0.39 is 11.9 Å². The number of Topliss-reactive ketones (excluding diaryl/α,β-unsaturated/α-hetero) is 1. The van der Waals surface area contributed by atoms with E-state index in [0.29, 0.717) is 0 Å². The summed E-state index contributed by atoms with van der Waals surface area (Å²) in [5.74, 6) is -0.726. The van der Waals surface area contributed by atoms with Gasteiger partial charge in [-0.15, -0.1) is 5.11 Å². The van der Waals surface area contributed by atoms with Crippen molar-refractivity contribution in [3.63, 3.8) is 0 Å². The molecule has 1 N–H and O–H groups in total. The topological polar surface area (TPSA) is 70.9 Å². The van der Waals surface area contributed by atoms with Gasteiger partial charge in [0, 0.05) is 1.43 Å². The fourth-order valence-electron chi connectivity index (χ4n) is 0.515. The number of nitrogens with one attached hydrogen (secondary N) is 1. The number of amides is 1. The maximum Gasteiger partial charge on any atom is 0.275 e. The quantitative estimate of drug-likeness (QED) is 0.493. The molecule has 50 valence electrons. The molecule has 1 rings (SSSR count). The van der Waals surface area contributed by atoms with Crippen LogP contribution in [-0.2, 0) is 9.59 Å². The Kier molecular flexibility index (Phi) is 1.26. The molecule has 0 bridgehead atoms. The minimum atomic E-state index is -0.898. The Morgan fingerprint density at radius 3 is 2.78 bits per heavy atom. The predicted molar refractivity (Wildman–Crippen MR) is 29.6 cm³/mol. The molecule has 0 fully saturated rings. The third-order valence-electron chi connectivity index (χ3n) is 0.967. The van der Waals surface area contributed by atoms with Crippen molar-refractivity contribution >= 4 is 11.7 Å². The Hall–Kier alpha value is -1.26. The summed E-state index contributed by atoms with van der Waals surface area (Å²) in [6, 6.07) is -0.898. The highest BCUT2D eigenvalue weighted by atomic mass is 16.2. The summed E-state index contributed by atoms with van der Waals surface area (Å²) >= 11 is 0. The van der Waals surface area contributed by atoms with E-state index in [4.69, 9.17) is 0 Å². The molecule has 0 aromatic rings. The van der Waals surface area contributed by atoms with E-state index in [1.54, 1.807) is 0 Å². The Morgan fingerprint density at radius 1 is 1.89 bits per heavy atom. The highest BCUT2D eigenvalue weighted by Gasteiger charge is 2.26. The molecule has 9 heavy (non-hydrogen) atoms. The van der Waals surface area contributed by atoms with Crippen LogP contribution in [0.3, 0.4) is 0 Å². The van der Waals surface area contributed by atoms with Gasteiger partial charge in [0.15, 0.2) is 5.78 Å². The van der Waals surface area contributed by atoms with E-state index in [-0.39, 0.29) is 7.21 Å². The summed E-state index contributed by atoms with van der Waals surface area (Å²) in [4.78, 5) is 20.9. The van der Waals surface area contributed by atoms with Crippen molar-refractivity contribution in [1.29, 1.82) is 0 Å². The number of hydrogen-bond acceptors (Lipinski definition) is 4. The number of hydrogen-bond donors (Lipinski definition) is 1. The largest absolute Gasteiger partial charge is 0.297 e. The zero-order valence-corrected chi connectivity index (χ0v) is 4.79. The summed E-state index contributed by atoms with van der Waals surface area (Å²) in [7, 11) is 0. The van der Waals surface area contributed by atoms with Gasteiger partial charge < -0.3 is 0 Å². The van der Waals surface area contributed by atoms with Crippen molar-refractivity contribution in [3.8, 4) is 0 Å². The molecular weight excluding hydrogens is 122 g/mol. The van der Waals surface area contributed by atoms with Crippen LogP contribution >= 0.6 is 0 Å². The van der Waals surface area contributed by atoms with Crippen LogP contribution in [0.15, 0.2) is 10.3 Å². The van der Waals surface area contributed by atoms with Gasteiger partial charge in [0.05, 0.1) is 0 Å². The summed E-state index contributed by atoms with van der Waals surface area (Å²) in [6.45, 7) is 1.30. The standard InChI is InChI=1S/C4H5N3O2.H2/c1-2(8)3-4(9)6-7-5-3;/h3H,1H3,(H,5,6,9);1H. The molecule has 1 aliphatic heterocycles. The Bertz CT molecular complexity index is 191. The minimum absolute atomic E-state index is 0. The molecule has 0 aliphatic carbocycles. The fraction of sp³-hybridized carbons (Fsp3) is 0.500. The first-order chi connectivity index (χ1) is 4.22. The van der Waals surface area contributed by atoms with E-state index in [1.807, 2.05) is 5.43 Å². The lowest BCUT2D eigenvalue weighted by Gasteiger charge is -1.92. The molecule has 1 amide bonds. The normalized spacial score (nSPS) is 24.1. The molecule has 0 aromatic carbocycles. The number of rotatable bonds is 1. The summed E-state index contributed by atoms with van der Waals surface area (Å²) in [5, 5.41) is 6.50. The van der Waals surface area contributed by atoms with Crippen LogP contribution in [0.4, 0.5) is 0 Å². The lowest BCUT2D eigenvalue weighted by Crippen LogP contribution is -2.28. The second-order valence-corrected chi connectivity index (χ2v) is 1.70. The highest BCUT2D eigenvalue weighted by Crippen LogP contribution is 1.99. The summed E-state index contributed by atoms with van der Waals surface area (Å²) in [5.41, 5.74) is 2.05. The van der Waals surface area contributed by atoms with Gasteiger partial charge in [-0.2, -0.15) is 0 Å². The average molecular weight is 129 g/mol. The van der Waals surface area contributed by atoms with Crippen molar-refractivity contribution in [2.75, 3.05) is 0 Å². The second kappa shape index (κ2) is 1.93. The fourth-order valence-corrected chi connectivity index (χ4v) is 0.515. The maximum absolute atomic E-state index is 10.5. The van der Waals surface area contributed by atoms with E-state index in [1.165, 1.54) is 6.92 Å². The van der Waals surface area contributed by atoms with E-state index in [2.05, 4.69) is 10.3 Å². The van der Waals surface area contributed by atoms with E-state index >= 15 is 0 Å². The molecule has 5 nitrogen and oxygen atoms in total. The van der Waals surface area contributed by atoms with Gasteiger partial charge in [0.1, 0.15) is 0 Å². The SMILES string of the molecule is CC(=O)C1N=NNC1=O.[HH]. The van der Waals surface area contributed by atoms with Crippen LogP contribution in [0.5, 0.6) is 0 Å². The second-order valence-electron chi connectivity index (χ2n) is 1.70. The molecule has 1 atom stereocenters. The van der Waals surface area contributed by atoms with Gasteiger partial charge in [-0.25, -0.2) is 5.43 Å². The molecule has 1 heterocycles. The van der Waals surface area contributed by atoms with Gasteiger partial charge in [-0.3, -0.25) is 9.59 Å². The number of ketones is 1. The zero-order valence-electron chi connectivity index (χ0n) is 4.79. The van der Waals surface area contributed by atoms with Crippen LogP contribution in [0.2, 0.25) is 0 Å². The first kappa shape index (κ1) is 5.87. The summed E-state index contributed by atoms with van der Waals surface area (Å²) in [6.07, 6.45) is 0. The van der Waals surface area contributed by atoms with Crippen LogP contribution in [0.25, 0.3) is 0 Å². The maximum atomic E-state index is 10.5. The van der Waals surface area contributed by atoms with Crippen LogP contribution in [0, 0.1) is 0 Å². The van der Waals surface area contributed by atoms with Crippen molar-refractivity contribution in [2.24, 2.45) is 10.3 Å². The van der Waals surface area contributed by atoms with Crippen LogP contribution in [0.1, 0.15) is 8.35 Å². The first-order valence-electron chi connectivity index (χ1n) is 2.42. The summed E-state index contributed by atoms with van der Waals surface area (Å²) < 4.78 is 0. The number of carbonyl (C=O) groups excluding carboxylic acids is 2. The molecule has 5 heteroatoms. The third kappa shape index (κ3) is 0.933. The minimum Gasteiger partial charge on any atom is -0.297 e. The monoisotopic (exact) mass is 129 g/mol. The average Bonchev–Trinajstić information content (AvgIpc) is 2.13. The Labute approximate surface area is 52.6 Å². The molecular formula is C4H7N3O2. The van der Waals surface area contributed by atoms with Crippen molar-refractivity contribution in [1.82, 2.24) is 5.43 Å². The number of carbonyl (C=O) groups is 2. The van der Waals surface area contributed by atoms with E-state index in [0.717, 1.165) is 0 Å². The van der Waals surface area contributed by atoms with Crippen LogP contribution < -0.4 is 5.43 Å². The smallest absolute Gasteiger partial charge is 0.275 e. The van der Waals surface area contributed by atoms with Gasteiger partial charge >= 0.3 is 0 Å².